The lowest BCUT2D eigenvalue weighted by Crippen LogP contribution is -2.42. The van der Waals surface area contributed by atoms with Crippen LogP contribution in [0.5, 0.6) is 0 Å². The summed E-state index contributed by atoms with van der Waals surface area (Å²) in [5.74, 6) is -1.00. The first-order chi connectivity index (χ1) is 15.3. The van der Waals surface area contributed by atoms with Crippen LogP contribution in [-0.2, 0) is 22.7 Å². The molecule has 0 atom stereocenters. The number of anilines is 1. The van der Waals surface area contributed by atoms with Crippen LogP contribution in [-0.4, -0.2) is 71.1 Å². The second-order valence-corrected chi connectivity index (χ2v) is 11.3. The molecule has 0 unspecified atom stereocenters. The maximum absolute atomic E-state index is 14.6. The normalized spacial score (nSPS) is 16.7. The molecule has 2 aromatic rings. The molecule has 3 rings (SSSR count). The third-order valence-electron chi connectivity index (χ3n) is 5.42. The second kappa shape index (κ2) is 9.76. The van der Waals surface area contributed by atoms with E-state index in [4.69, 9.17) is 0 Å². The van der Waals surface area contributed by atoms with Crippen molar-refractivity contribution in [1.29, 1.82) is 0 Å². The molecule has 2 aromatic heterocycles. The lowest BCUT2D eigenvalue weighted by molar-refractivity contribution is -0.140. The predicted molar refractivity (Wildman–Crippen MR) is 118 cm³/mol. The molecular weight excluding hydrogens is 484 g/mol. The molecule has 0 spiro atoms. The Labute approximate surface area is 194 Å². The average Bonchev–Trinajstić information content (AvgIpc) is 3.13. The zero-order chi connectivity index (χ0) is 24.6. The Balaban J connectivity index is 1.86. The first-order valence-electron chi connectivity index (χ1n) is 10.3. The zero-order valence-electron chi connectivity index (χ0n) is 18.6. The number of nitrogens with zero attached hydrogens (tertiary/aromatic N) is 5. The van der Waals surface area contributed by atoms with Crippen LogP contribution in [0.3, 0.4) is 0 Å². The van der Waals surface area contributed by atoms with Gasteiger partial charge in [-0.25, -0.2) is 32.1 Å². The fourth-order valence-electron chi connectivity index (χ4n) is 3.29. The van der Waals surface area contributed by atoms with Crippen molar-refractivity contribution in [2.75, 3.05) is 31.7 Å². The van der Waals surface area contributed by atoms with Crippen molar-refractivity contribution in [3.8, 4) is 10.6 Å². The Hall–Kier alpha value is -1.90. The fraction of sp³-hybridized carbons (Fsp3) is 0.632. The van der Waals surface area contributed by atoms with Gasteiger partial charge >= 0.3 is 6.18 Å². The number of sulfonamides is 1. The quantitative estimate of drug-likeness (QED) is 0.571. The van der Waals surface area contributed by atoms with Crippen LogP contribution in [0.2, 0.25) is 0 Å². The van der Waals surface area contributed by atoms with Crippen molar-refractivity contribution >= 4 is 27.3 Å². The van der Waals surface area contributed by atoms with E-state index in [2.05, 4.69) is 20.3 Å². The monoisotopic (exact) mass is 510 g/mol. The summed E-state index contributed by atoms with van der Waals surface area (Å²) < 4.78 is 80.2. The van der Waals surface area contributed by atoms with Gasteiger partial charge in [0.1, 0.15) is 10.7 Å². The molecule has 1 aliphatic rings. The van der Waals surface area contributed by atoms with Gasteiger partial charge in [-0.05, 0) is 33.7 Å². The number of thiazole rings is 1. The molecule has 0 amide bonds. The van der Waals surface area contributed by atoms with E-state index >= 15 is 0 Å². The molecule has 1 N–H and O–H groups in total. The van der Waals surface area contributed by atoms with Crippen LogP contribution in [0.4, 0.5) is 23.5 Å². The van der Waals surface area contributed by atoms with E-state index in [1.54, 1.807) is 7.05 Å². The van der Waals surface area contributed by atoms with Crippen molar-refractivity contribution in [2.24, 2.45) is 0 Å². The predicted octanol–water partition coefficient (Wildman–Crippen LogP) is 3.43. The molecule has 8 nitrogen and oxygen atoms in total. The number of hydrogen-bond acceptors (Lipinski definition) is 8. The van der Waals surface area contributed by atoms with Crippen LogP contribution < -0.4 is 5.32 Å². The Bertz CT molecular complexity index is 1080. The number of alkyl halides is 3. The first kappa shape index (κ1) is 25.7. The summed E-state index contributed by atoms with van der Waals surface area (Å²) in [6.45, 7) is 4.58. The van der Waals surface area contributed by atoms with Gasteiger partial charge in [0.2, 0.25) is 16.0 Å². The molecule has 0 aromatic carbocycles. The van der Waals surface area contributed by atoms with Crippen molar-refractivity contribution in [2.45, 2.75) is 51.5 Å². The van der Waals surface area contributed by atoms with Gasteiger partial charge in [0.15, 0.2) is 11.5 Å². The Kier molecular flexibility index (Phi) is 7.61. The molecular formula is C19H26F4N6O2S2. The van der Waals surface area contributed by atoms with Gasteiger partial charge < -0.3 is 5.32 Å². The minimum absolute atomic E-state index is 0.0217. The number of halogens is 4. The number of aromatic nitrogens is 3. The van der Waals surface area contributed by atoms with Gasteiger partial charge in [-0.1, -0.05) is 0 Å². The van der Waals surface area contributed by atoms with E-state index in [0.29, 0.717) is 25.9 Å². The smallest absolute Gasteiger partial charge is 0.351 e. The van der Waals surface area contributed by atoms with E-state index in [1.807, 2.05) is 18.7 Å². The van der Waals surface area contributed by atoms with Crippen molar-refractivity contribution < 1.29 is 26.0 Å². The maximum atomic E-state index is 14.6. The topological polar surface area (TPSA) is 91.3 Å². The Morgan fingerprint density at radius 2 is 1.91 bits per heavy atom. The number of rotatable bonds is 7. The van der Waals surface area contributed by atoms with Crippen molar-refractivity contribution in [3.63, 3.8) is 0 Å². The van der Waals surface area contributed by atoms with Crippen molar-refractivity contribution in [1.82, 2.24) is 24.2 Å². The van der Waals surface area contributed by atoms with Crippen LogP contribution in [0, 0.1) is 5.82 Å². The summed E-state index contributed by atoms with van der Waals surface area (Å²) in [7, 11) is -1.53. The number of piperidine rings is 1. The van der Waals surface area contributed by atoms with E-state index in [9.17, 15) is 26.0 Å². The average molecular weight is 511 g/mol. The van der Waals surface area contributed by atoms with E-state index < -0.39 is 38.3 Å². The minimum Gasteiger partial charge on any atom is -0.351 e. The highest BCUT2D eigenvalue weighted by Gasteiger charge is 2.39. The first-order valence-corrected chi connectivity index (χ1v) is 12.9. The Morgan fingerprint density at radius 3 is 2.45 bits per heavy atom. The highest BCUT2D eigenvalue weighted by Crippen LogP contribution is 2.41. The van der Waals surface area contributed by atoms with Gasteiger partial charge in [-0.2, -0.15) is 13.2 Å². The summed E-state index contributed by atoms with van der Waals surface area (Å²) >= 11 is 0.753. The van der Waals surface area contributed by atoms with Gasteiger partial charge in [0.25, 0.3) is 0 Å². The molecule has 1 aliphatic heterocycles. The summed E-state index contributed by atoms with van der Waals surface area (Å²) in [5, 5.41) is 3.19. The molecule has 0 bridgehead atoms. The summed E-state index contributed by atoms with van der Waals surface area (Å²) in [4.78, 5) is 13.1. The third kappa shape index (κ3) is 6.37. The lowest BCUT2D eigenvalue weighted by Gasteiger charge is -2.30. The molecule has 0 aliphatic carbocycles. The van der Waals surface area contributed by atoms with Crippen LogP contribution in [0.15, 0.2) is 6.20 Å². The molecule has 1 saturated heterocycles. The van der Waals surface area contributed by atoms with Gasteiger partial charge in [-0.3, -0.25) is 4.90 Å². The molecule has 0 radical (unpaired) electrons. The molecule has 184 valence electrons. The summed E-state index contributed by atoms with van der Waals surface area (Å²) in [6.07, 6.45) is -1.89. The highest BCUT2D eigenvalue weighted by molar-refractivity contribution is 7.88. The van der Waals surface area contributed by atoms with Gasteiger partial charge in [-0.15, -0.1) is 11.3 Å². The molecule has 14 heteroatoms. The standard InChI is InChI=1S/C19H26F4N6O2S2/c1-11(2)28(3)10-14-26-17(19(21,22)23)16(32-14)15-13(20)9-24-18(27-15)25-12-5-7-29(8-6-12)33(4,30)31/h9,11-12H,5-8,10H2,1-4H3,(H,24,25,27). The maximum Gasteiger partial charge on any atom is 0.434 e. The van der Waals surface area contributed by atoms with E-state index in [1.165, 1.54) is 4.31 Å². The van der Waals surface area contributed by atoms with Gasteiger partial charge in [0, 0.05) is 25.2 Å². The SMILES string of the molecule is CC(C)N(C)Cc1nc(C(F)(F)F)c(-c2nc(NC3CCN(S(C)(=O)=O)CC3)ncc2F)s1. The summed E-state index contributed by atoms with van der Waals surface area (Å²) in [6, 6.07) is -0.104. The van der Waals surface area contributed by atoms with Crippen LogP contribution in [0.1, 0.15) is 37.4 Å². The van der Waals surface area contributed by atoms with Crippen LogP contribution >= 0.6 is 11.3 Å². The largest absolute Gasteiger partial charge is 0.434 e. The fourth-order valence-corrected chi connectivity index (χ4v) is 5.30. The molecule has 0 saturated carbocycles. The minimum atomic E-state index is -4.77. The number of hydrogen-bond donors (Lipinski definition) is 1. The lowest BCUT2D eigenvalue weighted by atomic mass is 10.1. The second-order valence-electron chi connectivity index (χ2n) is 8.26. The highest BCUT2D eigenvalue weighted by atomic mass is 32.2. The molecule has 1 fully saturated rings. The molecule has 3 heterocycles. The van der Waals surface area contributed by atoms with Gasteiger partial charge in [0.05, 0.1) is 23.9 Å². The van der Waals surface area contributed by atoms with Crippen LogP contribution in [0.25, 0.3) is 10.6 Å². The van der Waals surface area contributed by atoms with E-state index in [0.717, 1.165) is 23.8 Å². The molecule has 33 heavy (non-hydrogen) atoms. The number of nitrogens with one attached hydrogen (secondary N) is 1. The van der Waals surface area contributed by atoms with E-state index in [-0.39, 0.29) is 29.6 Å². The summed E-state index contributed by atoms with van der Waals surface area (Å²) in [5.41, 5.74) is -1.64. The van der Waals surface area contributed by atoms with Crippen molar-refractivity contribution in [3.05, 3.63) is 22.7 Å². The Morgan fingerprint density at radius 1 is 1.27 bits per heavy atom. The third-order valence-corrected chi connectivity index (χ3v) is 7.77. The zero-order valence-corrected chi connectivity index (χ0v) is 20.3.